The Kier molecular flexibility index (Phi) is 5.91. The molecule has 0 radical (unpaired) electrons. The van der Waals surface area contributed by atoms with E-state index in [9.17, 15) is 18.0 Å². The van der Waals surface area contributed by atoms with Crippen LogP contribution in [0.2, 0.25) is 0 Å². The number of imidazole rings is 1. The van der Waals surface area contributed by atoms with Crippen molar-refractivity contribution in [2.45, 2.75) is 6.18 Å². The molecule has 4 aromatic rings. The molecule has 33 heavy (non-hydrogen) atoms. The van der Waals surface area contributed by atoms with Gasteiger partial charge in [-0.2, -0.15) is 13.2 Å². The number of halogens is 3. The van der Waals surface area contributed by atoms with Gasteiger partial charge in [0.25, 0.3) is 5.91 Å². The van der Waals surface area contributed by atoms with E-state index in [0.717, 1.165) is 22.2 Å². The lowest BCUT2D eigenvalue weighted by Crippen LogP contribution is -2.34. The number of rotatable bonds is 6. The van der Waals surface area contributed by atoms with Crippen molar-refractivity contribution in [3.8, 4) is 28.3 Å². The zero-order valence-corrected chi connectivity index (χ0v) is 17.7. The topological polar surface area (TPSA) is 78.3 Å². The number of hydrogen-bond donors (Lipinski definition) is 1. The first-order valence-corrected chi connectivity index (χ1v) is 9.79. The smallest absolute Gasteiger partial charge is 0.405 e. The summed E-state index contributed by atoms with van der Waals surface area (Å²) in [5.41, 5.74) is 3.84. The highest BCUT2D eigenvalue weighted by Gasteiger charge is 2.30. The third-order valence-corrected chi connectivity index (χ3v) is 4.99. The van der Waals surface area contributed by atoms with Crippen molar-refractivity contribution in [2.24, 2.45) is 0 Å². The van der Waals surface area contributed by atoms with Crippen molar-refractivity contribution in [3.63, 3.8) is 0 Å². The summed E-state index contributed by atoms with van der Waals surface area (Å²) in [4.78, 5) is 21.0. The molecule has 0 atom stereocenters. The summed E-state index contributed by atoms with van der Waals surface area (Å²) in [6.45, 7) is -1.47. The molecule has 0 aliphatic heterocycles. The molecule has 0 fully saturated rings. The van der Waals surface area contributed by atoms with Crippen molar-refractivity contribution in [2.75, 3.05) is 20.8 Å². The average molecular weight is 456 g/mol. The molecular formula is C23H19F3N4O3. The first kappa shape index (κ1) is 22.1. The highest BCUT2D eigenvalue weighted by molar-refractivity contribution is 6.00. The van der Waals surface area contributed by atoms with Gasteiger partial charge in [-0.15, -0.1) is 0 Å². The minimum atomic E-state index is -4.54. The molecule has 1 N–H and O–H groups in total. The van der Waals surface area contributed by atoms with Crippen LogP contribution in [0.25, 0.3) is 27.8 Å². The quantitative estimate of drug-likeness (QED) is 0.466. The second kappa shape index (κ2) is 8.81. The van der Waals surface area contributed by atoms with Crippen molar-refractivity contribution in [1.29, 1.82) is 0 Å². The van der Waals surface area contributed by atoms with E-state index in [1.54, 1.807) is 35.4 Å². The first-order chi connectivity index (χ1) is 15.8. The monoisotopic (exact) mass is 456 g/mol. The summed E-state index contributed by atoms with van der Waals surface area (Å²) in [6.07, 6.45) is 0.525. The molecule has 2 aromatic heterocycles. The molecule has 0 spiro atoms. The van der Waals surface area contributed by atoms with Crippen LogP contribution in [-0.2, 0) is 0 Å². The highest BCUT2D eigenvalue weighted by atomic mass is 19.4. The highest BCUT2D eigenvalue weighted by Crippen LogP contribution is 2.34. The molecule has 4 rings (SSSR count). The van der Waals surface area contributed by atoms with E-state index in [1.807, 2.05) is 35.6 Å². The molecule has 2 aromatic carbocycles. The summed E-state index contributed by atoms with van der Waals surface area (Å²) >= 11 is 0. The molecular weight excluding hydrogens is 437 g/mol. The van der Waals surface area contributed by atoms with Crippen LogP contribution in [0.5, 0.6) is 11.5 Å². The van der Waals surface area contributed by atoms with Gasteiger partial charge in [0.05, 0.1) is 30.9 Å². The normalized spacial score (nSPS) is 11.4. The number of ether oxygens (including phenoxy) is 2. The van der Waals surface area contributed by atoms with Gasteiger partial charge in [-0.25, -0.2) is 4.98 Å². The Morgan fingerprint density at radius 3 is 2.39 bits per heavy atom. The molecule has 0 saturated carbocycles. The molecule has 7 nitrogen and oxygen atoms in total. The van der Waals surface area contributed by atoms with Gasteiger partial charge in [-0.05, 0) is 23.8 Å². The van der Waals surface area contributed by atoms with Gasteiger partial charge in [-0.3, -0.25) is 14.3 Å². The Bertz CT molecular complexity index is 1280. The molecule has 0 aliphatic carbocycles. The fourth-order valence-corrected chi connectivity index (χ4v) is 3.46. The maximum atomic E-state index is 12.5. The maximum absolute atomic E-state index is 12.5. The number of hydrogen-bond acceptors (Lipinski definition) is 5. The molecule has 0 bridgehead atoms. The third kappa shape index (κ3) is 4.59. The van der Waals surface area contributed by atoms with Gasteiger partial charge >= 0.3 is 6.18 Å². The minimum absolute atomic E-state index is 0.0675. The molecule has 0 saturated heterocycles. The van der Waals surface area contributed by atoms with Gasteiger partial charge in [0.2, 0.25) is 0 Å². The number of carbonyl (C=O) groups excluding carboxylic acids is 1. The summed E-state index contributed by atoms with van der Waals surface area (Å²) in [6, 6.07) is 12.6. The van der Waals surface area contributed by atoms with Crippen LogP contribution < -0.4 is 14.8 Å². The molecule has 1 amide bonds. The number of nitrogens with zero attached hydrogens (tertiary/aromatic N) is 3. The second-order valence-electron chi connectivity index (χ2n) is 7.08. The van der Waals surface area contributed by atoms with Crippen molar-refractivity contribution < 1.29 is 27.4 Å². The number of pyridine rings is 1. The van der Waals surface area contributed by atoms with Crippen LogP contribution in [-0.4, -0.2) is 47.4 Å². The van der Waals surface area contributed by atoms with Crippen molar-refractivity contribution in [3.05, 3.63) is 66.7 Å². The number of amides is 1. The summed E-state index contributed by atoms with van der Waals surface area (Å²) < 4.78 is 50.0. The van der Waals surface area contributed by atoms with Crippen LogP contribution in [0.15, 0.2) is 61.2 Å². The number of benzene rings is 2. The Morgan fingerprint density at radius 1 is 1.06 bits per heavy atom. The summed E-state index contributed by atoms with van der Waals surface area (Å²) in [5, 5.41) is 1.85. The lowest BCUT2D eigenvalue weighted by atomic mass is 10.1. The van der Waals surface area contributed by atoms with E-state index < -0.39 is 18.6 Å². The average Bonchev–Trinajstić information content (AvgIpc) is 3.25. The number of aromatic nitrogens is 3. The van der Waals surface area contributed by atoms with Gasteiger partial charge in [0, 0.05) is 30.1 Å². The standard InChI is InChI=1S/C23H19F3N4O3/c1-32-19-9-16(10-20(33-2)21(19)22(31)28-12-23(24,25)26)30-13-29-17-8-14(5-6-18(17)30)15-4-3-7-27-11-15/h3-11,13H,12H2,1-2H3,(H,28,31). The van der Waals surface area contributed by atoms with E-state index in [4.69, 9.17) is 9.47 Å². The van der Waals surface area contributed by atoms with Crippen molar-refractivity contribution >= 4 is 16.9 Å². The first-order valence-electron chi connectivity index (χ1n) is 9.79. The molecule has 170 valence electrons. The fourth-order valence-electron chi connectivity index (χ4n) is 3.46. The number of methoxy groups -OCH3 is 2. The predicted molar refractivity (Wildman–Crippen MR) is 116 cm³/mol. The zero-order valence-electron chi connectivity index (χ0n) is 17.7. The Labute approximate surface area is 186 Å². The summed E-state index contributed by atoms with van der Waals surface area (Å²) in [7, 11) is 2.65. The molecule has 0 unspecified atom stereocenters. The van der Waals surface area contributed by atoms with E-state index in [1.165, 1.54) is 14.2 Å². The number of alkyl halides is 3. The number of fused-ring (bicyclic) bond motifs is 1. The summed E-state index contributed by atoms with van der Waals surface area (Å²) in [5.74, 6) is -0.820. The SMILES string of the molecule is COc1cc(-n2cnc3cc(-c4cccnc4)ccc32)cc(OC)c1C(=O)NCC(F)(F)F. The fraction of sp³-hybridized carbons (Fsp3) is 0.174. The largest absolute Gasteiger partial charge is 0.496 e. The van der Waals surface area contributed by atoms with Crippen molar-refractivity contribution in [1.82, 2.24) is 19.9 Å². The van der Waals surface area contributed by atoms with Gasteiger partial charge in [0.15, 0.2) is 0 Å². The van der Waals surface area contributed by atoms with Crippen LogP contribution >= 0.6 is 0 Å². The van der Waals surface area contributed by atoms with Crippen LogP contribution in [0.3, 0.4) is 0 Å². The van der Waals surface area contributed by atoms with Crippen LogP contribution in [0, 0.1) is 0 Å². The van der Waals surface area contributed by atoms with E-state index in [-0.39, 0.29) is 17.1 Å². The van der Waals surface area contributed by atoms with E-state index in [2.05, 4.69) is 9.97 Å². The predicted octanol–water partition coefficient (Wildman–Crippen LogP) is 4.40. The van der Waals surface area contributed by atoms with Crippen LogP contribution in [0.1, 0.15) is 10.4 Å². The Balaban J connectivity index is 1.74. The maximum Gasteiger partial charge on any atom is 0.405 e. The number of nitrogens with one attached hydrogen (secondary N) is 1. The third-order valence-electron chi connectivity index (χ3n) is 4.99. The molecule has 0 aliphatic rings. The number of carbonyl (C=O) groups is 1. The zero-order chi connectivity index (χ0) is 23.6. The molecule has 2 heterocycles. The van der Waals surface area contributed by atoms with E-state index in [0.29, 0.717) is 5.69 Å². The van der Waals surface area contributed by atoms with Gasteiger partial charge in [-0.1, -0.05) is 12.1 Å². The lowest BCUT2D eigenvalue weighted by molar-refractivity contribution is -0.123. The van der Waals surface area contributed by atoms with Crippen LogP contribution in [0.4, 0.5) is 13.2 Å². The molecule has 10 heteroatoms. The van der Waals surface area contributed by atoms with Gasteiger partial charge < -0.3 is 14.8 Å². The van der Waals surface area contributed by atoms with E-state index >= 15 is 0 Å². The Morgan fingerprint density at radius 2 is 1.79 bits per heavy atom. The lowest BCUT2D eigenvalue weighted by Gasteiger charge is -2.16. The minimum Gasteiger partial charge on any atom is -0.496 e. The Hall–Kier alpha value is -4.08. The second-order valence-corrected chi connectivity index (χ2v) is 7.08. The van der Waals surface area contributed by atoms with Gasteiger partial charge in [0.1, 0.15) is 29.9 Å².